The summed E-state index contributed by atoms with van der Waals surface area (Å²) < 4.78 is 1.07. The van der Waals surface area contributed by atoms with E-state index in [9.17, 15) is 4.79 Å². The minimum absolute atomic E-state index is 0.0369. The molecule has 0 aliphatic carbocycles. The van der Waals surface area contributed by atoms with Gasteiger partial charge < -0.3 is 5.32 Å². The summed E-state index contributed by atoms with van der Waals surface area (Å²) in [5, 5.41) is 4.10. The minimum Gasteiger partial charge on any atom is -0.385 e. The van der Waals surface area contributed by atoms with E-state index < -0.39 is 0 Å². The Labute approximate surface area is 142 Å². The van der Waals surface area contributed by atoms with E-state index in [-0.39, 0.29) is 5.78 Å². The molecular formula is C16H14BrCl2NO. The number of ketones is 1. The van der Waals surface area contributed by atoms with Crippen molar-refractivity contribution >= 4 is 50.6 Å². The molecule has 0 spiro atoms. The van der Waals surface area contributed by atoms with Crippen LogP contribution in [0.4, 0.5) is 5.69 Å². The van der Waals surface area contributed by atoms with Crippen molar-refractivity contribution in [1.29, 1.82) is 0 Å². The molecule has 0 fully saturated rings. The van der Waals surface area contributed by atoms with Crippen LogP contribution in [0.5, 0.6) is 0 Å². The van der Waals surface area contributed by atoms with E-state index in [2.05, 4.69) is 21.2 Å². The third-order valence-electron chi connectivity index (χ3n) is 3.08. The summed E-state index contributed by atoms with van der Waals surface area (Å²) in [6.45, 7) is 2.59. The van der Waals surface area contributed by atoms with Gasteiger partial charge in [0.25, 0.3) is 0 Å². The fraction of sp³-hybridized carbons (Fsp3) is 0.188. The molecule has 5 heteroatoms. The zero-order chi connectivity index (χ0) is 15.4. The van der Waals surface area contributed by atoms with Gasteiger partial charge >= 0.3 is 0 Å². The Morgan fingerprint density at radius 3 is 2.57 bits per heavy atom. The molecule has 0 amide bonds. The third kappa shape index (κ3) is 4.47. The number of hydrogen-bond donors (Lipinski definition) is 1. The minimum atomic E-state index is 0.0369. The summed E-state index contributed by atoms with van der Waals surface area (Å²) in [5.41, 5.74) is 2.73. The largest absolute Gasteiger partial charge is 0.385 e. The van der Waals surface area contributed by atoms with Gasteiger partial charge in [0.05, 0.1) is 10.0 Å². The van der Waals surface area contributed by atoms with Gasteiger partial charge in [0, 0.05) is 28.7 Å². The van der Waals surface area contributed by atoms with Crippen LogP contribution < -0.4 is 5.32 Å². The number of carbonyl (C=O) groups is 1. The maximum atomic E-state index is 12.1. The monoisotopic (exact) mass is 385 g/mol. The average Bonchev–Trinajstić information content (AvgIpc) is 2.45. The smallest absolute Gasteiger partial charge is 0.164 e. The number of anilines is 1. The molecule has 0 bridgehead atoms. The van der Waals surface area contributed by atoms with E-state index in [1.807, 2.05) is 25.1 Å². The van der Waals surface area contributed by atoms with Gasteiger partial charge in [-0.3, -0.25) is 4.79 Å². The Hall–Kier alpha value is -1.03. The number of carbonyl (C=O) groups excluding carboxylic acids is 1. The summed E-state index contributed by atoms with van der Waals surface area (Å²) >= 11 is 15.2. The van der Waals surface area contributed by atoms with Gasteiger partial charge in [-0.15, -0.1) is 0 Å². The van der Waals surface area contributed by atoms with Gasteiger partial charge in [0.2, 0.25) is 0 Å². The van der Waals surface area contributed by atoms with E-state index in [1.54, 1.807) is 18.2 Å². The third-order valence-corrected chi connectivity index (χ3v) is 4.71. The molecule has 0 aliphatic heterocycles. The van der Waals surface area contributed by atoms with Crippen molar-refractivity contribution < 1.29 is 4.79 Å². The van der Waals surface area contributed by atoms with Crippen LogP contribution in [0.2, 0.25) is 10.0 Å². The van der Waals surface area contributed by atoms with Crippen molar-refractivity contribution in [3.8, 4) is 0 Å². The molecule has 2 rings (SSSR count). The topological polar surface area (TPSA) is 29.1 Å². The lowest BCUT2D eigenvalue weighted by atomic mass is 10.1. The molecule has 0 saturated carbocycles. The van der Waals surface area contributed by atoms with Crippen LogP contribution in [0.1, 0.15) is 22.3 Å². The van der Waals surface area contributed by atoms with Crippen LogP contribution in [0.3, 0.4) is 0 Å². The zero-order valence-electron chi connectivity index (χ0n) is 11.4. The lowest BCUT2D eigenvalue weighted by Crippen LogP contribution is -2.09. The van der Waals surface area contributed by atoms with Crippen molar-refractivity contribution in [3.05, 3.63) is 62.0 Å². The second kappa shape index (κ2) is 7.30. The molecule has 21 heavy (non-hydrogen) atoms. The quantitative estimate of drug-likeness (QED) is 0.662. The molecule has 2 aromatic rings. The number of hydrogen-bond acceptors (Lipinski definition) is 2. The predicted molar refractivity (Wildman–Crippen MR) is 92.8 cm³/mol. The molecule has 0 heterocycles. The average molecular weight is 387 g/mol. The highest BCUT2D eigenvalue weighted by molar-refractivity contribution is 9.10. The molecule has 0 radical (unpaired) electrons. The Morgan fingerprint density at radius 2 is 1.90 bits per heavy atom. The molecule has 110 valence electrons. The molecule has 0 unspecified atom stereocenters. The summed E-state index contributed by atoms with van der Waals surface area (Å²) in [4.78, 5) is 12.1. The molecule has 2 aromatic carbocycles. The van der Waals surface area contributed by atoms with E-state index in [0.717, 1.165) is 15.7 Å². The first-order valence-corrected chi connectivity index (χ1v) is 8.00. The van der Waals surface area contributed by atoms with Crippen molar-refractivity contribution in [2.75, 3.05) is 11.9 Å². The van der Waals surface area contributed by atoms with E-state index in [4.69, 9.17) is 23.2 Å². The molecule has 0 atom stereocenters. The number of benzene rings is 2. The van der Waals surface area contributed by atoms with E-state index >= 15 is 0 Å². The first-order chi connectivity index (χ1) is 9.97. The van der Waals surface area contributed by atoms with Crippen LogP contribution in [-0.4, -0.2) is 12.3 Å². The van der Waals surface area contributed by atoms with Crippen molar-refractivity contribution in [2.45, 2.75) is 13.3 Å². The summed E-state index contributed by atoms with van der Waals surface area (Å²) in [7, 11) is 0. The second-order valence-corrected chi connectivity index (χ2v) is 6.36. The zero-order valence-corrected chi connectivity index (χ0v) is 14.5. The predicted octanol–water partition coefficient (Wildman–Crippen LogP) is 5.75. The Kier molecular flexibility index (Phi) is 5.68. The highest BCUT2D eigenvalue weighted by Gasteiger charge is 2.08. The maximum Gasteiger partial charge on any atom is 0.164 e. The first kappa shape index (κ1) is 16.3. The lowest BCUT2D eigenvalue weighted by molar-refractivity contribution is 0.0986. The summed E-state index contributed by atoms with van der Waals surface area (Å²) in [6, 6.07) is 10.9. The van der Waals surface area contributed by atoms with Gasteiger partial charge in [-0.25, -0.2) is 0 Å². The molecular weight excluding hydrogens is 373 g/mol. The van der Waals surface area contributed by atoms with Gasteiger partial charge in [-0.2, -0.15) is 0 Å². The van der Waals surface area contributed by atoms with Crippen LogP contribution in [0.15, 0.2) is 40.9 Å². The van der Waals surface area contributed by atoms with Crippen LogP contribution in [-0.2, 0) is 0 Å². The number of nitrogens with one attached hydrogen (secondary N) is 1. The van der Waals surface area contributed by atoms with Crippen LogP contribution in [0.25, 0.3) is 0 Å². The van der Waals surface area contributed by atoms with Gasteiger partial charge in [0.1, 0.15) is 0 Å². The standard InChI is InChI=1S/C16H14BrCl2NO/c1-10-8-12(3-4-13(10)17)20-7-6-16(21)11-2-5-14(18)15(19)9-11/h2-5,8-9,20H,6-7H2,1H3. The van der Waals surface area contributed by atoms with Gasteiger partial charge in [-0.05, 0) is 48.9 Å². The molecule has 2 nitrogen and oxygen atoms in total. The fourth-order valence-electron chi connectivity index (χ4n) is 1.89. The normalized spacial score (nSPS) is 10.5. The van der Waals surface area contributed by atoms with Crippen LogP contribution >= 0.6 is 39.1 Å². The van der Waals surface area contributed by atoms with Crippen LogP contribution in [0, 0.1) is 6.92 Å². The Balaban J connectivity index is 1.92. The Morgan fingerprint density at radius 1 is 1.14 bits per heavy atom. The highest BCUT2D eigenvalue weighted by Crippen LogP contribution is 2.23. The van der Waals surface area contributed by atoms with Crippen molar-refractivity contribution in [3.63, 3.8) is 0 Å². The summed E-state index contributed by atoms with van der Waals surface area (Å²) in [6.07, 6.45) is 0.396. The van der Waals surface area contributed by atoms with Crippen molar-refractivity contribution in [1.82, 2.24) is 0 Å². The van der Waals surface area contributed by atoms with Crippen molar-refractivity contribution in [2.24, 2.45) is 0 Å². The van der Waals surface area contributed by atoms with E-state index in [1.165, 1.54) is 0 Å². The lowest BCUT2D eigenvalue weighted by Gasteiger charge is -2.08. The SMILES string of the molecule is Cc1cc(NCCC(=O)c2ccc(Cl)c(Cl)c2)ccc1Br. The number of aryl methyl sites for hydroxylation is 1. The number of Topliss-reactive ketones (excluding diaryl/α,β-unsaturated/α-hetero) is 1. The molecule has 0 saturated heterocycles. The number of halogens is 3. The maximum absolute atomic E-state index is 12.1. The first-order valence-electron chi connectivity index (χ1n) is 6.45. The number of rotatable bonds is 5. The molecule has 0 aromatic heterocycles. The Bertz CT molecular complexity index is 673. The fourth-order valence-corrected chi connectivity index (χ4v) is 2.43. The highest BCUT2D eigenvalue weighted by atomic mass is 79.9. The molecule has 1 N–H and O–H groups in total. The summed E-state index contributed by atoms with van der Waals surface area (Å²) in [5.74, 6) is 0.0369. The van der Waals surface area contributed by atoms with E-state index in [0.29, 0.717) is 28.6 Å². The van der Waals surface area contributed by atoms with Gasteiger partial charge in [0.15, 0.2) is 5.78 Å². The van der Waals surface area contributed by atoms with Gasteiger partial charge in [-0.1, -0.05) is 39.1 Å². The molecule has 0 aliphatic rings. The second-order valence-electron chi connectivity index (χ2n) is 4.69.